The second-order valence-electron chi connectivity index (χ2n) is 4.36. The van der Waals surface area contributed by atoms with Crippen molar-refractivity contribution in [1.82, 2.24) is 4.90 Å². The maximum absolute atomic E-state index is 11.9. The molecule has 1 N–H and O–H groups in total. The van der Waals surface area contributed by atoms with Crippen LogP contribution in [0.25, 0.3) is 0 Å². The summed E-state index contributed by atoms with van der Waals surface area (Å²) in [5.41, 5.74) is 0. The van der Waals surface area contributed by atoms with E-state index >= 15 is 0 Å². The van der Waals surface area contributed by atoms with Gasteiger partial charge in [0.15, 0.2) is 4.88 Å². The molecule has 110 valence electrons. The molecule has 1 aromatic rings. The summed E-state index contributed by atoms with van der Waals surface area (Å²) in [5.74, 6) is -0.513. The number of morpholine rings is 1. The molecule has 1 saturated heterocycles. The first kappa shape index (κ1) is 14.8. The van der Waals surface area contributed by atoms with Gasteiger partial charge < -0.3 is 19.5 Å². The van der Waals surface area contributed by atoms with Crippen molar-refractivity contribution in [3.8, 4) is 5.75 Å². The van der Waals surface area contributed by atoms with Crippen LogP contribution < -0.4 is 4.74 Å². The van der Waals surface area contributed by atoms with Crippen molar-refractivity contribution in [3.05, 3.63) is 16.3 Å². The van der Waals surface area contributed by atoms with E-state index in [2.05, 4.69) is 0 Å². The van der Waals surface area contributed by atoms with Crippen LogP contribution in [0, 0.1) is 0 Å². The average Bonchev–Trinajstić information content (AvgIpc) is 2.93. The molecule has 0 unspecified atom stereocenters. The molecule has 0 aliphatic carbocycles. The number of carboxylic acid groups (broad SMARTS) is 1. The zero-order valence-corrected chi connectivity index (χ0v) is 11.9. The minimum Gasteiger partial charge on any atom is -0.492 e. The first-order valence-electron chi connectivity index (χ1n) is 6.47. The Morgan fingerprint density at radius 2 is 2.15 bits per heavy atom. The number of thiophene rings is 1. The largest absolute Gasteiger partial charge is 0.492 e. The van der Waals surface area contributed by atoms with Gasteiger partial charge in [-0.3, -0.25) is 4.79 Å². The number of hydrogen-bond donors (Lipinski definition) is 1. The monoisotopic (exact) mass is 299 g/mol. The van der Waals surface area contributed by atoms with Crippen LogP contribution in [-0.4, -0.2) is 54.8 Å². The number of carbonyl (C=O) groups is 2. The van der Waals surface area contributed by atoms with Gasteiger partial charge in [-0.2, -0.15) is 0 Å². The van der Waals surface area contributed by atoms with E-state index in [0.29, 0.717) is 51.5 Å². The predicted octanol–water partition coefficient (Wildman–Crippen LogP) is 1.46. The molecule has 0 bridgehead atoms. The van der Waals surface area contributed by atoms with E-state index in [1.165, 1.54) is 0 Å². The molecule has 6 nitrogen and oxygen atoms in total. The topological polar surface area (TPSA) is 76.1 Å². The summed E-state index contributed by atoms with van der Waals surface area (Å²) in [6.07, 6.45) is 0.984. The van der Waals surface area contributed by atoms with Crippen molar-refractivity contribution in [2.24, 2.45) is 0 Å². The molecular formula is C13H17NO5S. The van der Waals surface area contributed by atoms with Gasteiger partial charge in [0, 0.05) is 19.5 Å². The second-order valence-corrected chi connectivity index (χ2v) is 5.28. The third kappa shape index (κ3) is 3.94. The molecule has 1 fully saturated rings. The van der Waals surface area contributed by atoms with Crippen molar-refractivity contribution in [1.29, 1.82) is 0 Å². The van der Waals surface area contributed by atoms with Gasteiger partial charge in [0.25, 0.3) is 0 Å². The van der Waals surface area contributed by atoms with Gasteiger partial charge in [-0.05, 0) is 17.9 Å². The molecule has 0 aromatic carbocycles. The molecule has 1 aromatic heterocycles. The van der Waals surface area contributed by atoms with Crippen molar-refractivity contribution in [3.63, 3.8) is 0 Å². The summed E-state index contributed by atoms with van der Waals surface area (Å²) in [5, 5.41) is 10.6. The minimum absolute atomic E-state index is 0.0978. The Morgan fingerprint density at radius 1 is 1.40 bits per heavy atom. The number of hydrogen-bond acceptors (Lipinski definition) is 5. The molecule has 1 aliphatic heterocycles. The van der Waals surface area contributed by atoms with E-state index in [-0.39, 0.29) is 10.8 Å². The number of amides is 1. The zero-order valence-electron chi connectivity index (χ0n) is 11.0. The summed E-state index contributed by atoms with van der Waals surface area (Å²) in [4.78, 5) is 24.7. The Hall–Kier alpha value is -1.60. The predicted molar refractivity (Wildman–Crippen MR) is 73.4 cm³/mol. The maximum Gasteiger partial charge on any atom is 0.349 e. The van der Waals surface area contributed by atoms with E-state index < -0.39 is 5.97 Å². The molecule has 0 atom stereocenters. The molecule has 0 saturated carbocycles. The van der Waals surface area contributed by atoms with Crippen LogP contribution in [0.2, 0.25) is 0 Å². The van der Waals surface area contributed by atoms with E-state index in [9.17, 15) is 9.59 Å². The number of carboxylic acids is 1. The van der Waals surface area contributed by atoms with Crippen molar-refractivity contribution in [2.45, 2.75) is 12.8 Å². The lowest BCUT2D eigenvalue weighted by molar-refractivity contribution is -0.135. The standard InChI is InChI=1S/C13H17NO5S/c15-11(14-4-7-18-8-5-14)2-1-6-19-10-3-9-20-12(10)13(16)17/h3,9H,1-2,4-8H2,(H,16,17). The van der Waals surface area contributed by atoms with Gasteiger partial charge >= 0.3 is 5.97 Å². The van der Waals surface area contributed by atoms with Crippen molar-refractivity contribution < 1.29 is 24.2 Å². The van der Waals surface area contributed by atoms with E-state index in [1.54, 1.807) is 16.3 Å². The third-order valence-electron chi connectivity index (χ3n) is 2.98. The number of aromatic carboxylic acids is 1. The molecule has 2 heterocycles. The van der Waals surface area contributed by atoms with Gasteiger partial charge in [0.05, 0.1) is 19.8 Å². The van der Waals surface area contributed by atoms with Crippen molar-refractivity contribution in [2.75, 3.05) is 32.9 Å². The van der Waals surface area contributed by atoms with Gasteiger partial charge in [-0.15, -0.1) is 11.3 Å². The molecule has 0 spiro atoms. The third-order valence-corrected chi connectivity index (χ3v) is 3.86. The molecule has 1 aliphatic rings. The van der Waals surface area contributed by atoms with E-state index in [4.69, 9.17) is 14.6 Å². The Kier molecular flexibility index (Phi) is 5.37. The van der Waals surface area contributed by atoms with Gasteiger partial charge in [-0.25, -0.2) is 4.79 Å². The quantitative estimate of drug-likeness (QED) is 0.805. The lowest BCUT2D eigenvalue weighted by atomic mass is 10.2. The average molecular weight is 299 g/mol. The van der Waals surface area contributed by atoms with Crippen LogP contribution >= 0.6 is 11.3 Å². The van der Waals surface area contributed by atoms with Crippen LogP contribution in [0.1, 0.15) is 22.5 Å². The molecule has 20 heavy (non-hydrogen) atoms. The Morgan fingerprint density at radius 3 is 2.85 bits per heavy atom. The second kappa shape index (κ2) is 7.25. The van der Waals surface area contributed by atoms with Gasteiger partial charge in [0.1, 0.15) is 5.75 Å². The SMILES string of the molecule is O=C(O)c1sccc1OCCCC(=O)N1CCOCC1. The van der Waals surface area contributed by atoms with Gasteiger partial charge in [0.2, 0.25) is 5.91 Å². The summed E-state index contributed by atoms with van der Waals surface area (Å²) in [7, 11) is 0. The van der Waals surface area contributed by atoms with E-state index in [1.807, 2.05) is 0 Å². The van der Waals surface area contributed by atoms with E-state index in [0.717, 1.165) is 11.3 Å². The highest BCUT2D eigenvalue weighted by molar-refractivity contribution is 7.12. The molecule has 7 heteroatoms. The minimum atomic E-state index is -0.987. The molecule has 1 amide bonds. The number of rotatable bonds is 6. The molecule has 2 rings (SSSR count). The lowest BCUT2D eigenvalue weighted by Crippen LogP contribution is -2.40. The fraction of sp³-hybridized carbons (Fsp3) is 0.538. The van der Waals surface area contributed by atoms with Gasteiger partial charge in [-0.1, -0.05) is 0 Å². The van der Waals surface area contributed by atoms with Crippen LogP contribution in [0.3, 0.4) is 0 Å². The highest BCUT2D eigenvalue weighted by Gasteiger charge is 2.17. The normalized spacial score (nSPS) is 15.1. The fourth-order valence-corrected chi connectivity index (χ4v) is 2.62. The van der Waals surface area contributed by atoms with Crippen LogP contribution in [0.15, 0.2) is 11.4 Å². The summed E-state index contributed by atoms with van der Waals surface area (Å²) in [6, 6.07) is 1.64. The lowest BCUT2D eigenvalue weighted by Gasteiger charge is -2.26. The molecule has 0 radical (unpaired) electrons. The number of ether oxygens (including phenoxy) is 2. The first-order valence-corrected chi connectivity index (χ1v) is 7.35. The van der Waals surface area contributed by atoms with Crippen LogP contribution in [0.5, 0.6) is 5.75 Å². The smallest absolute Gasteiger partial charge is 0.349 e. The fourth-order valence-electron chi connectivity index (χ4n) is 1.94. The summed E-state index contributed by atoms with van der Waals surface area (Å²) in [6.45, 7) is 2.83. The zero-order chi connectivity index (χ0) is 14.4. The molecular weight excluding hydrogens is 282 g/mol. The Balaban J connectivity index is 1.69. The summed E-state index contributed by atoms with van der Waals surface area (Å²) < 4.78 is 10.6. The van der Waals surface area contributed by atoms with Crippen LogP contribution in [0.4, 0.5) is 0 Å². The van der Waals surface area contributed by atoms with Crippen molar-refractivity contribution >= 4 is 23.2 Å². The Bertz CT molecular complexity index is 467. The Labute approximate surface area is 120 Å². The first-order chi connectivity index (χ1) is 9.68. The maximum atomic E-state index is 11.9. The highest BCUT2D eigenvalue weighted by atomic mass is 32.1. The summed E-state index contributed by atoms with van der Waals surface area (Å²) >= 11 is 1.13. The highest BCUT2D eigenvalue weighted by Crippen LogP contribution is 2.24. The van der Waals surface area contributed by atoms with Crippen LogP contribution in [-0.2, 0) is 9.53 Å². The number of carbonyl (C=O) groups excluding carboxylic acids is 1. The number of nitrogens with zero attached hydrogens (tertiary/aromatic N) is 1.